The van der Waals surface area contributed by atoms with Crippen LogP contribution in [-0.2, 0) is 4.79 Å². The Morgan fingerprint density at radius 2 is 1.82 bits per heavy atom. The van der Waals surface area contributed by atoms with Gasteiger partial charge in [-0.25, -0.2) is 0 Å². The standard InChI is InChI=1S/C18H18N2OS/c21-17(19-18(22)20-12-3-4-13-20)11-10-15-8-5-7-14-6-1-2-9-16(14)15/h1-2,5-11H,3-4,12-13H2,(H,19,21,22)/b11-10+. The van der Waals surface area contributed by atoms with Crippen LogP contribution in [0.1, 0.15) is 18.4 Å². The number of benzene rings is 2. The number of fused-ring (bicyclic) bond motifs is 1. The summed E-state index contributed by atoms with van der Waals surface area (Å²) in [7, 11) is 0. The summed E-state index contributed by atoms with van der Waals surface area (Å²) in [5.41, 5.74) is 1.03. The summed E-state index contributed by atoms with van der Waals surface area (Å²) in [4.78, 5) is 14.0. The maximum Gasteiger partial charge on any atom is 0.250 e. The maximum atomic E-state index is 12.0. The highest BCUT2D eigenvalue weighted by Crippen LogP contribution is 2.19. The Morgan fingerprint density at radius 1 is 1.09 bits per heavy atom. The van der Waals surface area contributed by atoms with Gasteiger partial charge in [-0.2, -0.15) is 0 Å². The van der Waals surface area contributed by atoms with E-state index in [1.165, 1.54) is 0 Å². The number of carbonyl (C=O) groups excluding carboxylic acids is 1. The molecule has 0 unspecified atom stereocenters. The van der Waals surface area contributed by atoms with E-state index < -0.39 is 0 Å². The van der Waals surface area contributed by atoms with Gasteiger partial charge in [-0.3, -0.25) is 10.1 Å². The summed E-state index contributed by atoms with van der Waals surface area (Å²) < 4.78 is 0. The third-order valence-corrected chi connectivity index (χ3v) is 4.22. The van der Waals surface area contributed by atoms with Gasteiger partial charge < -0.3 is 4.90 Å². The SMILES string of the molecule is O=C(/C=C/c1cccc2ccccc12)NC(=S)N1CCCC1. The van der Waals surface area contributed by atoms with Gasteiger partial charge in [0.2, 0.25) is 5.91 Å². The first-order valence-corrected chi connectivity index (χ1v) is 7.90. The van der Waals surface area contributed by atoms with E-state index in [4.69, 9.17) is 12.2 Å². The van der Waals surface area contributed by atoms with Crippen LogP contribution < -0.4 is 5.32 Å². The molecule has 0 saturated carbocycles. The number of hydrogen-bond donors (Lipinski definition) is 1. The van der Waals surface area contributed by atoms with E-state index in [0.717, 1.165) is 42.3 Å². The summed E-state index contributed by atoms with van der Waals surface area (Å²) in [6, 6.07) is 14.2. The lowest BCUT2D eigenvalue weighted by atomic mass is 10.0. The second-order valence-corrected chi connectivity index (χ2v) is 5.78. The molecule has 1 N–H and O–H groups in total. The van der Waals surface area contributed by atoms with E-state index in [1.807, 2.05) is 35.2 Å². The topological polar surface area (TPSA) is 32.3 Å². The van der Waals surface area contributed by atoms with Crippen molar-refractivity contribution in [1.29, 1.82) is 0 Å². The second-order valence-electron chi connectivity index (χ2n) is 5.39. The third-order valence-electron chi connectivity index (χ3n) is 3.86. The summed E-state index contributed by atoms with van der Waals surface area (Å²) in [5, 5.41) is 5.60. The van der Waals surface area contributed by atoms with Crippen LogP contribution in [0.4, 0.5) is 0 Å². The van der Waals surface area contributed by atoms with Crippen LogP contribution in [0.25, 0.3) is 16.8 Å². The largest absolute Gasteiger partial charge is 0.349 e. The van der Waals surface area contributed by atoms with Crippen LogP contribution >= 0.6 is 12.2 Å². The number of likely N-dealkylation sites (tertiary alicyclic amines) is 1. The second kappa shape index (κ2) is 6.71. The first kappa shape index (κ1) is 14.7. The van der Waals surface area contributed by atoms with Gasteiger partial charge in [0.25, 0.3) is 0 Å². The summed E-state index contributed by atoms with van der Waals surface area (Å²) in [6.07, 6.45) is 5.66. The van der Waals surface area contributed by atoms with Crippen molar-refractivity contribution in [3.8, 4) is 0 Å². The molecule has 0 aromatic heterocycles. The molecule has 3 rings (SSSR count). The molecule has 1 aliphatic rings. The fourth-order valence-corrected chi connectivity index (χ4v) is 2.99. The first-order chi connectivity index (χ1) is 10.7. The quantitative estimate of drug-likeness (QED) is 0.682. The van der Waals surface area contributed by atoms with Crippen molar-refractivity contribution in [2.24, 2.45) is 0 Å². The minimum absolute atomic E-state index is 0.176. The number of hydrogen-bond acceptors (Lipinski definition) is 2. The number of thiocarbonyl (C=S) groups is 1. The Morgan fingerprint density at radius 3 is 2.64 bits per heavy atom. The van der Waals surface area contributed by atoms with Gasteiger partial charge in [-0.15, -0.1) is 0 Å². The molecule has 1 saturated heterocycles. The predicted molar refractivity (Wildman–Crippen MR) is 94.5 cm³/mol. The molecule has 112 valence electrons. The van der Waals surface area contributed by atoms with Gasteiger partial charge in [0, 0.05) is 19.2 Å². The van der Waals surface area contributed by atoms with Crippen LogP contribution in [0.3, 0.4) is 0 Å². The Bertz CT molecular complexity index is 727. The van der Waals surface area contributed by atoms with E-state index >= 15 is 0 Å². The van der Waals surface area contributed by atoms with Gasteiger partial charge in [0.15, 0.2) is 5.11 Å². The van der Waals surface area contributed by atoms with E-state index in [0.29, 0.717) is 5.11 Å². The molecule has 22 heavy (non-hydrogen) atoms. The van der Waals surface area contributed by atoms with E-state index in [9.17, 15) is 4.79 Å². The molecule has 0 bridgehead atoms. The zero-order valence-corrected chi connectivity index (χ0v) is 13.1. The molecule has 1 fully saturated rings. The molecule has 2 aromatic carbocycles. The van der Waals surface area contributed by atoms with Crippen molar-refractivity contribution in [3.63, 3.8) is 0 Å². The van der Waals surface area contributed by atoms with Crippen LogP contribution in [0.5, 0.6) is 0 Å². The predicted octanol–water partition coefficient (Wildman–Crippen LogP) is 3.35. The van der Waals surface area contributed by atoms with Crippen molar-refractivity contribution in [2.45, 2.75) is 12.8 Å². The smallest absolute Gasteiger partial charge is 0.250 e. The number of carbonyl (C=O) groups is 1. The minimum Gasteiger partial charge on any atom is -0.349 e. The Hall–Kier alpha value is -2.20. The molecule has 0 radical (unpaired) electrons. The van der Waals surface area contributed by atoms with Crippen molar-refractivity contribution in [3.05, 3.63) is 54.1 Å². The van der Waals surface area contributed by atoms with Crippen molar-refractivity contribution < 1.29 is 4.79 Å². The zero-order valence-electron chi connectivity index (χ0n) is 12.3. The molecule has 1 amide bonds. The van der Waals surface area contributed by atoms with E-state index in [2.05, 4.69) is 23.5 Å². The van der Waals surface area contributed by atoms with Gasteiger partial charge in [-0.05, 0) is 47.5 Å². The van der Waals surface area contributed by atoms with Crippen LogP contribution in [0.2, 0.25) is 0 Å². The summed E-state index contributed by atoms with van der Waals surface area (Å²) in [5.74, 6) is -0.176. The normalized spacial score (nSPS) is 14.6. The molecule has 1 heterocycles. The Labute approximate surface area is 135 Å². The average molecular weight is 310 g/mol. The molecule has 3 nitrogen and oxygen atoms in total. The lowest BCUT2D eigenvalue weighted by Crippen LogP contribution is -2.40. The monoisotopic (exact) mass is 310 g/mol. The number of nitrogens with zero attached hydrogens (tertiary/aromatic N) is 1. The molecule has 0 atom stereocenters. The van der Waals surface area contributed by atoms with Crippen molar-refractivity contribution in [2.75, 3.05) is 13.1 Å². The summed E-state index contributed by atoms with van der Waals surface area (Å²) >= 11 is 5.26. The third kappa shape index (κ3) is 3.34. The highest BCUT2D eigenvalue weighted by atomic mass is 32.1. The van der Waals surface area contributed by atoms with Gasteiger partial charge in [0.05, 0.1) is 0 Å². The highest BCUT2D eigenvalue weighted by molar-refractivity contribution is 7.80. The molecule has 2 aromatic rings. The van der Waals surface area contributed by atoms with Crippen LogP contribution in [-0.4, -0.2) is 29.0 Å². The van der Waals surface area contributed by atoms with Crippen molar-refractivity contribution >= 4 is 40.1 Å². The lowest BCUT2D eigenvalue weighted by Gasteiger charge is -2.17. The van der Waals surface area contributed by atoms with Crippen LogP contribution in [0, 0.1) is 0 Å². The molecule has 1 aliphatic heterocycles. The zero-order chi connectivity index (χ0) is 15.4. The minimum atomic E-state index is -0.176. The van der Waals surface area contributed by atoms with Crippen LogP contribution in [0.15, 0.2) is 48.5 Å². The maximum absolute atomic E-state index is 12.0. The highest BCUT2D eigenvalue weighted by Gasteiger charge is 2.15. The lowest BCUT2D eigenvalue weighted by molar-refractivity contribution is -0.115. The molecule has 0 aliphatic carbocycles. The van der Waals surface area contributed by atoms with E-state index in [-0.39, 0.29) is 5.91 Å². The molecule has 4 heteroatoms. The van der Waals surface area contributed by atoms with Gasteiger partial charge >= 0.3 is 0 Å². The summed E-state index contributed by atoms with van der Waals surface area (Å²) in [6.45, 7) is 1.87. The van der Waals surface area contributed by atoms with E-state index in [1.54, 1.807) is 6.08 Å². The molecular weight excluding hydrogens is 292 g/mol. The molecule has 0 spiro atoms. The fourth-order valence-electron chi connectivity index (χ4n) is 2.71. The Kier molecular flexibility index (Phi) is 4.49. The Balaban J connectivity index is 1.70. The average Bonchev–Trinajstić information content (AvgIpc) is 3.07. The number of amides is 1. The number of nitrogens with one attached hydrogen (secondary N) is 1. The fraction of sp³-hybridized carbons (Fsp3) is 0.222. The van der Waals surface area contributed by atoms with Gasteiger partial charge in [-0.1, -0.05) is 42.5 Å². The number of rotatable bonds is 2. The van der Waals surface area contributed by atoms with Gasteiger partial charge in [0.1, 0.15) is 0 Å². The first-order valence-electron chi connectivity index (χ1n) is 7.50. The molecular formula is C18H18N2OS. The van der Waals surface area contributed by atoms with Crippen molar-refractivity contribution in [1.82, 2.24) is 10.2 Å².